The lowest BCUT2D eigenvalue weighted by Crippen LogP contribution is -2.53. The molecule has 1 saturated heterocycles. The van der Waals surface area contributed by atoms with Crippen LogP contribution in [0.1, 0.15) is 9.67 Å². The molecular weight excluding hydrogens is 280 g/mol. The number of amides is 2. The number of carbonyl (C=O) groups excluding carboxylic acids is 2. The number of nitrogens with zero attached hydrogens (tertiary/aromatic N) is 2. The lowest BCUT2D eigenvalue weighted by molar-refractivity contribution is -0.142. The average Bonchev–Trinajstić information content (AvgIpc) is 3.00. The third kappa shape index (κ3) is 3.36. The van der Waals surface area contributed by atoms with Crippen LogP contribution in [0.5, 0.6) is 0 Å². The monoisotopic (exact) mass is 298 g/mol. The van der Waals surface area contributed by atoms with Crippen LogP contribution in [-0.4, -0.2) is 72.7 Å². The molecule has 2 amide bonds. The molecule has 1 aliphatic heterocycles. The van der Waals surface area contributed by atoms with E-state index in [0.717, 1.165) is 0 Å². The minimum absolute atomic E-state index is 0.00718. The van der Waals surface area contributed by atoms with Crippen molar-refractivity contribution in [3.8, 4) is 0 Å². The highest BCUT2D eigenvalue weighted by molar-refractivity contribution is 7.12. The van der Waals surface area contributed by atoms with E-state index in [2.05, 4.69) is 0 Å². The molecule has 7 heteroatoms. The van der Waals surface area contributed by atoms with Crippen molar-refractivity contribution in [2.24, 2.45) is 0 Å². The van der Waals surface area contributed by atoms with Crippen LogP contribution in [-0.2, 0) is 9.53 Å². The van der Waals surface area contributed by atoms with Crippen LogP contribution in [0.3, 0.4) is 0 Å². The maximum Gasteiger partial charge on any atom is 0.264 e. The first kappa shape index (κ1) is 15.0. The van der Waals surface area contributed by atoms with Gasteiger partial charge < -0.3 is 19.6 Å². The number of thiophene rings is 1. The number of aliphatic hydroxyl groups excluding tert-OH is 1. The third-order valence-electron chi connectivity index (χ3n) is 3.21. The maximum absolute atomic E-state index is 12.2. The first-order valence-corrected chi connectivity index (χ1v) is 7.28. The van der Waals surface area contributed by atoms with E-state index >= 15 is 0 Å². The minimum atomic E-state index is -0.318. The maximum atomic E-state index is 12.2. The van der Waals surface area contributed by atoms with E-state index in [9.17, 15) is 14.7 Å². The summed E-state index contributed by atoms with van der Waals surface area (Å²) in [5.74, 6) is -0.332. The highest BCUT2D eigenvalue weighted by Crippen LogP contribution is 2.12. The lowest BCUT2D eigenvalue weighted by atomic mass is 10.2. The van der Waals surface area contributed by atoms with Crippen molar-refractivity contribution >= 4 is 23.2 Å². The molecule has 20 heavy (non-hydrogen) atoms. The van der Waals surface area contributed by atoms with Crippen molar-refractivity contribution in [3.05, 3.63) is 22.4 Å². The predicted octanol–water partition coefficient (Wildman–Crippen LogP) is 0.0398. The van der Waals surface area contributed by atoms with Crippen molar-refractivity contribution in [1.82, 2.24) is 9.80 Å². The van der Waals surface area contributed by atoms with E-state index in [0.29, 0.717) is 24.6 Å². The van der Waals surface area contributed by atoms with Gasteiger partial charge in [0, 0.05) is 13.6 Å². The highest BCUT2D eigenvalue weighted by Gasteiger charge is 2.28. The van der Waals surface area contributed by atoms with E-state index in [1.54, 1.807) is 24.1 Å². The summed E-state index contributed by atoms with van der Waals surface area (Å²) >= 11 is 1.35. The largest absolute Gasteiger partial charge is 0.394 e. The molecule has 110 valence electrons. The van der Waals surface area contributed by atoms with Crippen molar-refractivity contribution in [1.29, 1.82) is 0 Å². The smallest absolute Gasteiger partial charge is 0.264 e. The fourth-order valence-electron chi connectivity index (χ4n) is 2.09. The number of hydrogen-bond acceptors (Lipinski definition) is 5. The Bertz CT molecular complexity index is 463. The SMILES string of the molecule is CN(CC(=O)N1CCOCC1CO)C(=O)c1cccs1. The van der Waals surface area contributed by atoms with Crippen LogP contribution in [0.15, 0.2) is 17.5 Å². The van der Waals surface area contributed by atoms with Gasteiger partial charge in [0.1, 0.15) is 0 Å². The van der Waals surface area contributed by atoms with Crippen molar-refractivity contribution < 1.29 is 19.4 Å². The number of morpholine rings is 1. The molecule has 0 aromatic carbocycles. The second-order valence-electron chi connectivity index (χ2n) is 4.64. The number of rotatable bonds is 4. The Balaban J connectivity index is 1.94. The number of ether oxygens (including phenoxy) is 1. The zero-order valence-electron chi connectivity index (χ0n) is 11.3. The summed E-state index contributed by atoms with van der Waals surface area (Å²) in [5, 5.41) is 11.1. The first-order chi connectivity index (χ1) is 9.63. The van der Waals surface area contributed by atoms with Gasteiger partial charge in [-0.05, 0) is 11.4 Å². The van der Waals surface area contributed by atoms with E-state index in [1.807, 2.05) is 5.38 Å². The molecule has 1 aliphatic rings. The van der Waals surface area contributed by atoms with Crippen LogP contribution in [0.4, 0.5) is 0 Å². The van der Waals surface area contributed by atoms with Crippen LogP contribution in [0.2, 0.25) is 0 Å². The molecule has 0 saturated carbocycles. The van der Waals surface area contributed by atoms with Gasteiger partial charge in [-0.15, -0.1) is 11.3 Å². The Kier molecular flexibility index (Phi) is 5.11. The molecule has 0 radical (unpaired) electrons. The van der Waals surface area contributed by atoms with Crippen LogP contribution in [0, 0.1) is 0 Å². The Morgan fingerprint density at radius 1 is 1.60 bits per heavy atom. The van der Waals surface area contributed by atoms with Gasteiger partial charge in [0.2, 0.25) is 5.91 Å². The van der Waals surface area contributed by atoms with E-state index in [4.69, 9.17) is 4.74 Å². The van der Waals surface area contributed by atoms with Gasteiger partial charge in [-0.1, -0.05) is 6.07 Å². The number of aliphatic hydroxyl groups is 1. The summed E-state index contributed by atoms with van der Waals surface area (Å²) in [6, 6.07) is 3.22. The van der Waals surface area contributed by atoms with Gasteiger partial charge in [-0.25, -0.2) is 0 Å². The second-order valence-corrected chi connectivity index (χ2v) is 5.58. The van der Waals surface area contributed by atoms with Crippen molar-refractivity contribution in [3.63, 3.8) is 0 Å². The molecule has 1 fully saturated rings. The molecule has 2 heterocycles. The Hall–Kier alpha value is -1.44. The number of carbonyl (C=O) groups is 2. The molecule has 6 nitrogen and oxygen atoms in total. The molecule has 1 unspecified atom stereocenters. The van der Waals surface area contributed by atoms with Gasteiger partial charge in [-0.2, -0.15) is 0 Å². The molecule has 2 rings (SSSR count). The Morgan fingerprint density at radius 2 is 2.40 bits per heavy atom. The normalized spacial score (nSPS) is 18.9. The van der Waals surface area contributed by atoms with E-state index in [-0.39, 0.29) is 31.0 Å². The van der Waals surface area contributed by atoms with Gasteiger partial charge in [0.05, 0.1) is 37.3 Å². The topological polar surface area (TPSA) is 70.1 Å². The molecule has 0 spiro atoms. The highest BCUT2D eigenvalue weighted by atomic mass is 32.1. The fourth-order valence-corrected chi connectivity index (χ4v) is 2.81. The quantitative estimate of drug-likeness (QED) is 0.852. The minimum Gasteiger partial charge on any atom is -0.394 e. The summed E-state index contributed by atoms with van der Waals surface area (Å²) in [7, 11) is 1.61. The van der Waals surface area contributed by atoms with Crippen molar-refractivity contribution in [2.45, 2.75) is 6.04 Å². The summed E-state index contributed by atoms with van der Waals surface area (Å²) in [6.45, 7) is 1.13. The molecule has 0 bridgehead atoms. The zero-order valence-corrected chi connectivity index (χ0v) is 12.1. The molecular formula is C13H18N2O4S. The van der Waals surface area contributed by atoms with Crippen molar-refractivity contribution in [2.75, 3.05) is 40.0 Å². The fraction of sp³-hybridized carbons (Fsp3) is 0.538. The third-order valence-corrected chi connectivity index (χ3v) is 4.07. The Labute approximate surface area is 121 Å². The van der Waals surface area contributed by atoms with Gasteiger partial charge in [0.25, 0.3) is 5.91 Å². The van der Waals surface area contributed by atoms with Crippen LogP contribution in [0.25, 0.3) is 0 Å². The van der Waals surface area contributed by atoms with Gasteiger partial charge in [-0.3, -0.25) is 9.59 Å². The first-order valence-electron chi connectivity index (χ1n) is 6.40. The summed E-state index contributed by atoms with van der Waals surface area (Å²) in [4.78, 5) is 27.9. The van der Waals surface area contributed by atoms with E-state index in [1.165, 1.54) is 16.2 Å². The van der Waals surface area contributed by atoms with Gasteiger partial charge >= 0.3 is 0 Å². The van der Waals surface area contributed by atoms with Crippen LogP contribution >= 0.6 is 11.3 Å². The van der Waals surface area contributed by atoms with E-state index < -0.39 is 0 Å². The molecule has 1 aromatic heterocycles. The molecule has 1 atom stereocenters. The van der Waals surface area contributed by atoms with Crippen LogP contribution < -0.4 is 0 Å². The zero-order chi connectivity index (χ0) is 14.5. The standard InChI is InChI=1S/C13H18N2O4S/c1-14(13(18)11-3-2-6-20-11)7-12(17)15-4-5-19-9-10(15)8-16/h2-3,6,10,16H,4-5,7-9H2,1H3. The number of likely N-dealkylation sites (N-methyl/N-ethyl adjacent to an activating group) is 1. The average molecular weight is 298 g/mol. The summed E-state index contributed by atoms with van der Waals surface area (Å²) < 4.78 is 5.23. The second kappa shape index (κ2) is 6.83. The lowest BCUT2D eigenvalue weighted by Gasteiger charge is -2.35. The molecule has 1 N–H and O–H groups in total. The molecule has 1 aromatic rings. The summed E-state index contributed by atoms with van der Waals surface area (Å²) in [6.07, 6.45) is 0. The Morgan fingerprint density at radius 3 is 3.05 bits per heavy atom. The molecule has 0 aliphatic carbocycles. The number of hydrogen-bond donors (Lipinski definition) is 1. The summed E-state index contributed by atoms with van der Waals surface area (Å²) in [5.41, 5.74) is 0. The predicted molar refractivity (Wildman–Crippen MR) is 74.7 cm³/mol. The van der Waals surface area contributed by atoms with Gasteiger partial charge in [0.15, 0.2) is 0 Å².